The molecule has 2 nitrogen and oxygen atoms in total. The Bertz CT molecular complexity index is 203. The number of piperidine rings is 1. The van der Waals surface area contributed by atoms with Crippen LogP contribution in [0.2, 0.25) is 0 Å². The number of carbonyl (C=O) groups excluding carboxylic acids is 1. The summed E-state index contributed by atoms with van der Waals surface area (Å²) < 4.78 is 0. The Morgan fingerprint density at radius 2 is 2.00 bits per heavy atom. The minimum atomic E-state index is 0.241. The highest BCUT2D eigenvalue weighted by atomic mass is 16.1. The summed E-state index contributed by atoms with van der Waals surface area (Å²) in [5.41, 5.74) is 0. The summed E-state index contributed by atoms with van der Waals surface area (Å²) in [6.45, 7) is 8.67. The van der Waals surface area contributed by atoms with E-state index in [0.29, 0.717) is 11.8 Å². The van der Waals surface area contributed by atoms with Crippen LogP contribution in [0, 0.1) is 5.92 Å². The lowest BCUT2D eigenvalue weighted by Crippen LogP contribution is -2.47. The van der Waals surface area contributed by atoms with Gasteiger partial charge in [0.15, 0.2) is 0 Å². The molecule has 0 aromatic heterocycles. The molecule has 1 heterocycles. The van der Waals surface area contributed by atoms with Crippen LogP contribution in [-0.2, 0) is 4.79 Å². The van der Waals surface area contributed by atoms with Crippen molar-refractivity contribution in [1.82, 2.24) is 4.90 Å². The monoisotopic (exact) mass is 211 g/mol. The number of ketones is 1. The van der Waals surface area contributed by atoms with Gasteiger partial charge in [0, 0.05) is 24.9 Å². The van der Waals surface area contributed by atoms with Crippen LogP contribution in [0.15, 0.2) is 0 Å². The van der Waals surface area contributed by atoms with Crippen molar-refractivity contribution in [2.24, 2.45) is 5.92 Å². The normalized spacial score (nSPS) is 28.3. The first kappa shape index (κ1) is 12.7. The van der Waals surface area contributed by atoms with Crippen LogP contribution in [0.3, 0.4) is 0 Å². The van der Waals surface area contributed by atoms with E-state index in [4.69, 9.17) is 0 Å². The van der Waals surface area contributed by atoms with Crippen molar-refractivity contribution in [2.75, 3.05) is 13.1 Å². The first-order chi connectivity index (χ1) is 7.16. The summed E-state index contributed by atoms with van der Waals surface area (Å²) >= 11 is 0. The maximum absolute atomic E-state index is 11.5. The second-order valence-corrected chi connectivity index (χ2v) is 4.84. The smallest absolute Gasteiger partial charge is 0.138 e. The highest BCUT2D eigenvalue weighted by molar-refractivity contribution is 5.82. The second-order valence-electron chi connectivity index (χ2n) is 4.84. The molecule has 1 aliphatic heterocycles. The zero-order chi connectivity index (χ0) is 11.3. The fourth-order valence-corrected chi connectivity index (χ4v) is 2.33. The van der Waals surface area contributed by atoms with Crippen molar-refractivity contribution < 1.29 is 4.79 Å². The van der Waals surface area contributed by atoms with Gasteiger partial charge in [-0.3, -0.25) is 9.69 Å². The molecule has 1 fully saturated rings. The SMILES string of the molecule is CCCCCCN1CCC(=O)C(C)C1C. The number of rotatable bonds is 5. The summed E-state index contributed by atoms with van der Waals surface area (Å²) in [6, 6.07) is 0.452. The fraction of sp³-hybridized carbons (Fsp3) is 0.923. The van der Waals surface area contributed by atoms with E-state index < -0.39 is 0 Å². The Balaban J connectivity index is 2.26. The molecule has 0 aromatic carbocycles. The molecule has 88 valence electrons. The quantitative estimate of drug-likeness (QED) is 0.652. The minimum absolute atomic E-state index is 0.241. The molecule has 2 atom stereocenters. The third kappa shape index (κ3) is 3.60. The number of carbonyl (C=O) groups is 1. The Morgan fingerprint density at radius 1 is 1.27 bits per heavy atom. The molecule has 2 heteroatoms. The summed E-state index contributed by atoms with van der Waals surface area (Å²) in [6.07, 6.45) is 6.03. The number of likely N-dealkylation sites (tertiary alicyclic amines) is 1. The molecular weight excluding hydrogens is 186 g/mol. The highest BCUT2D eigenvalue weighted by Crippen LogP contribution is 2.20. The predicted octanol–water partition coefficient (Wildman–Crippen LogP) is 2.87. The largest absolute Gasteiger partial charge is 0.300 e. The maximum Gasteiger partial charge on any atom is 0.138 e. The third-order valence-corrected chi connectivity index (χ3v) is 3.75. The van der Waals surface area contributed by atoms with E-state index in [9.17, 15) is 4.79 Å². The summed E-state index contributed by atoms with van der Waals surface area (Å²) in [5.74, 6) is 0.692. The van der Waals surface area contributed by atoms with Crippen molar-refractivity contribution in [2.45, 2.75) is 58.9 Å². The average molecular weight is 211 g/mol. The fourth-order valence-electron chi connectivity index (χ4n) is 2.33. The molecule has 0 N–H and O–H groups in total. The van der Waals surface area contributed by atoms with Gasteiger partial charge in [0.05, 0.1) is 0 Å². The van der Waals surface area contributed by atoms with Crippen LogP contribution in [-0.4, -0.2) is 29.8 Å². The van der Waals surface area contributed by atoms with Crippen LogP contribution in [0.1, 0.15) is 52.9 Å². The molecule has 1 aliphatic rings. The molecule has 0 spiro atoms. The van der Waals surface area contributed by atoms with Crippen LogP contribution in [0.25, 0.3) is 0 Å². The standard InChI is InChI=1S/C13H25NO/c1-4-5-6-7-9-14-10-8-13(15)11(2)12(14)3/h11-12H,4-10H2,1-3H3. The lowest BCUT2D eigenvalue weighted by atomic mass is 9.90. The lowest BCUT2D eigenvalue weighted by molar-refractivity contribution is -0.127. The minimum Gasteiger partial charge on any atom is -0.300 e. The van der Waals surface area contributed by atoms with E-state index in [2.05, 4.69) is 25.7 Å². The second kappa shape index (κ2) is 6.26. The van der Waals surface area contributed by atoms with Gasteiger partial charge >= 0.3 is 0 Å². The lowest BCUT2D eigenvalue weighted by Gasteiger charge is -2.36. The van der Waals surface area contributed by atoms with Gasteiger partial charge in [-0.1, -0.05) is 33.1 Å². The molecule has 0 aliphatic carbocycles. The summed E-state index contributed by atoms with van der Waals surface area (Å²) in [5, 5.41) is 0. The Hall–Kier alpha value is -0.370. The van der Waals surface area contributed by atoms with Gasteiger partial charge in [0.2, 0.25) is 0 Å². The van der Waals surface area contributed by atoms with Crippen LogP contribution < -0.4 is 0 Å². The first-order valence-electron chi connectivity index (χ1n) is 6.43. The Labute approximate surface area is 94.0 Å². The highest BCUT2D eigenvalue weighted by Gasteiger charge is 2.29. The predicted molar refractivity (Wildman–Crippen MR) is 64.0 cm³/mol. The van der Waals surface area contributed by atoms with Gasteiger partial charge in [-0.25, -0.2) is 0 Å². The van der Waals surface area contributed by atoms with Gasteiger partial charge in [0.1, 0.15) is 5.78 Å². The topological polar surface area (TPSA) is 20.3 Å². The van der Waals surface area contributed by atoms with Crippen molar-refractivity contribution >= 4 is 5.78 Å². The number of hydrogen-bond acceptors (Lipinski definition) is 2. The Kier molecular flexibility index (Phi) is 5.30. The molecule has 0 saturated carbocycles. The van der Waals surface area contributed by atoms with Crippen LogP contribution in [0.4, 0.5) is 0 Å². The van der Waals surface area contributed by atoms with Crippen molar-refractivity contribution in [3.63, 3.8) is 0 Å². The molecule has 1 saturated heterocycles. The van der Waals surface area contributed by atoms with Gasteiger partial charge in [-0.2, -0.15) is 0 Å². The zero-order valence-electron chi connectivity index (χ0n) is 10.5. The van der Waals surface area contributed by atoms with Crippen molar-refractivity contribution in [3.8, 4) is 0 Å². The van der Waals surface area contributed by atoms with Gasteiger partial charge in [-0.15, -0.1) is 0 Å². The summed E-state index contributed by atoms with van der Waals surface area (Å²) in [7, 11) is 0. The summed E-state index contributed by atoms with van der Waals surface area (Å²) in [4.78, 5) is 14.0. The molecule has 0 amide bonds. The van der Waals surface area contributed by atoms with Gasteiger partial charge < -0.3 is 0 Å². The van der Waals surface area contributed by atoms with Crippen molar-refractivity contribution in [3.05, 3.63) is 0 Å². The van der Waals surface area contributed by atoms with E-state index in [0.717, 1.165) is 13.0 Å². The first-order valence-corrected chi connectivity index (χ1v) is 6.43. The number of Topliss-reactive ketones (excluding diaryl/α,β-unsaturated/α-hetero) is 1. The molecule has 2 unspecified atom stereocenters. The number of hydrogen-bond donors (Lipinski definition) is 0. The Morgan fingerprint density at radius 3 is 2.67 bits per heavy atom. The van der Waals surface area contributed by atoms with Gasteiger partial charge in [-0.05, 0) is 19.9 Å². The van der Waals surface area contributed by atoms with E-state index in [1.165, 1.54) is 32.2 Å². The van der Waals surface area contributed by atoms with E-state index in [-0.39, 0.29) is 5.92 Å². The van der Waals surface area contributed by atoms with Crippen LogP contribution >= 0.6 is 0 Å². The molecular formula is C13H25NO. The van der Waals surface area contributed by atoms with E-state index in [1.807, 2.05) is 0 Å². The zero-order valence-corrected chi connectivity index (χ0v) is 10.5. The molecule has 0 bridgehead atoms. The number of unbranched alkanes of at least 4 members (excludes halogenated alkanes) is 3. The van der Waals surface area contributed by atoms with E-state index >= 15 is 0 Å². The van der Waals surface area contributed by atoms with Crippen LogP contribution in [0.5, 0.6) is 0 Å². The molecule has 0 radical (unpaired) electrons. The van der Waals surface area contributed by atoms with Gasteiger partial charge in [0.25, 0.3) is 0 Å². The molecule has 1 rings (SSSR count). The maximum atomic E-state index is 11.5. The van der Waals surface area contributed by atoms with Crippen molar-refractivity contribution in [1.29, 1.82) is 0 Å². The molecule has 0 aromatic rings. The average Bonchev–Trinajstić information content (AvgIpc) is 2.24. The number of nitrogens with zero attached hydrogens (tertiary/aromatic N) is 1. The molecule has 15 heavy (non-hydrogen) atoms. The van der Waals surface area contributed by atoms with E-state index in [1.54, 1.807) is 0 Å². The third-order valence-electron chi connectivity index (χ3n) is 3.75.